The Bertz CT molecular complexity index is 342. The highest BCUT2D eigenvalue weighted by atomic mass is 16.1. The van der Waals surface area contributed by atoms with Crippen LogP contribution in [0.25, 0.3) is 0 Å². The maximum atomic E-state index is 11.5. The third kappa shape index (κ3) is 1.95. The van der Waals surface area contributed by atoms with Crippen LogP contribution >= 0.6 is 0 Å². The van der Waals surface area contributed by atoms with Crippen molar-refractivity contribution in [1.82, 2.24) is 5.32 Å². The van der Waals surface area contributed by atoms with Gasteiger partial charge in [-0.25, -0.2) is 0 Å². The zero-order valence-electron chi connectivity index (χ0n) is 8.42. The Hall–Kier alpha value is -1.31. The molecule has 2 rings (SSSR count). The van der Waals surface area contributed by atoms with Gasteiger partial charge in [0.05, 0.1) is 0 Å². The molecule has 1 aromatic rings. The van der Waals surface area contributed by atoms with Gasteiger partial charge in [-0.3, -0.25) is 4.79 Å². The fourth-order valence-corrected chi connectivity index (χ4v) is 1.69. The van der Waals surface area contributed by atoms with Crippen molar-refractivity contribution in [2.75, 3.05) is 7.05 Å². The number of carbonyl (C=O) groups is 1. The molecule has 2 nitrogen and oxygen atoms in total. The number of hydrogen-bond acceptors (Lipinski definition) is 1. The quantitative estimate of drug-likeness (QED) is 0.774. The van der Waals surface area contributed by atoms with Crippen molar-refractivity contribution in [3.63, 3.8) is 0 Å². The third-order valence-electron chi connectivity index (χ3n) is 2.69. The normalized spacial score (nSPS) is 15.2. The molecular formula is C12H15NO. The van der Waals surface area contributed by atoms with Gasteiger partial charge in [0.15, 0.2) is 0 Å². The maximum absolute atomic E-state index is 11.5. The molecule has 2 heteroatoms. The minimum Gasteiger partial charge on any atom is -0.355 e. The average molecular weight is 189 g/mol. The molecule has 1 saturated carbocycles. The van der Waals surface area contributed by atoms with Gasteiger partial charge >= 0.3 is 0 Å². The lowest BCUT2D eigenvalue weighted by molar-refractivity contribution is 0.0962. The second-order valence-corrected chi connectivity index (χ2v) is 3.88. The molecule has 1 aliphatic rings. The molecule has 1 aromatic carbocycles. The van der Waals surface area contributed by atoms with E-state index in [0.717, 1.165) is 17.9 Å². The molecule has 1 fully saturated rings. The lowest BCUT2D eigenvalue weighted by Gasteiger charge is -2.06. The van der Waals surface area contributed by atoms with Crippen LogP contribution in [0.15, 0.2) is 24.3 Å². The van der Waals surface area contributed by atoms with Gasteiger partial charge in [0.25, 0.3) is 5.91 Å². The van der Waals surface area contributed by atoms with Crippen molar-refractivity contribution >= 4 is 5.91 Å². The fraction of sp³-hybridized carbons (Fsp3) is 0.417. The summed E-state index contributed by atoms with van der Waals surface area (Å²) in [6.45, 7) is 0. The van der Waals surface area contributed by atoms with Gasteiger partial charge in [0.2, 0.25) is 0 Å². The Balaban J connectivity index is 2.22. The molecule has 74 valence electrons. The summed E-state index contributed by atoms with van der Waals surface area (Å²) in [5.41, 5.74) is 2.02. The van der Waals surface area contributed by atoms with E-state index in [2.05, 4.69) is 11.4 Å². The van der Waals surface area contributed by atoms with E-state index in [-0.39, 0.29) is 5.91 Å². The van der Waals surface area contributed by atoms with Crippen LogP contribution in [0.1, 0.15) is 28.8 Å². The molecule has 0 aromatic heterocycles. The Kier molecular flexibility index (Phi) is 2.53. The Morgan fingerprint density at radius 2 is 2.14 bits per heavy atom. The second-order valence-electron chi connectivity index (χ2n) is 3.88. The van der Waals surface area contributed by atoms with E-state index in [4.69, 9.17) is 0 Å². The molecule has 0 radical (unpaired) electrons. The Labute approximate surface area is 84.3 Å². The van der Waals surface area contributed by atoms with Gasteiger partial charge in [-0.1, -0.05) is 18.2 Å². The molecule has 0 saturated heterocycles. The van der Waals surface area contributed by atoms with E-state index in [0.29, 0.717) is 0 Å². The van der Waals surface area contributed by atoms with E-state index < -0.39 is 0 Å². The van der Waals surface area contributed by atoms with Crippen LogP contribution in [0.2, 0.25) is 0 Å². The van der Waals surface area contributed by atoms with Crippen molar-refractivity contribution < 1.29 is 4.79 Å². The van der Waals surface area contributed by atoms with E-state index >= 15 is 0 Å². The van der Waals surface area contributed by atoms with Crippen molar-refractivity contribution in [3.8, 4) is 0 Å². The van der Waals surface area contributed by atoms with Gasteiger partial charge < -0.3 is 5.32 Å². The first-order valence-corrected chi connectivity index (χ1v) is 5.11. The van der Waals surface area contributed by atoms with Crippen LogP contribution in [0, 0.1) is 5.92 Å². The van der Waals surface area contributed by atoms with Gasteiger partial charge in [-0.05, 0) is 36.8 Å². The first kappa shape index (κ1) is 9.25. The molecule has 1 N–H and O–H groups in total. The summed E-state index contributed by atoms with van der Waals surface area (Å²) < 4.78 is 0. The predicted octanol–water partition coefficient (Wildman–Crippen LogP) is 2.00. The summed E-state index contributed by atoms with van der Waals surface area (Å²) in [5.74, 6) is 0.849. The third-order valence-corrected chi connectivity index (χ3v) is 2.69. The lowest BCUT2D eigenvalue weighted by Crippen LogP contribution is -2.19. The summed E-state index contributed by atoms with van der Waals surface area (Å²) in [7, 11) is 1.68. The van der Waals surface area contributed by atoms with Crippen molar-refractivity contribution in [2.24, 2.45) is 5.92 Å². The highest BCUT2D eigenvalue weighted by molar-refractivity contribution is 5.95. The molecule has 0 aliphatic heterocycles. The van der Waals surface area contributed by atoms with Crippen molar-refractivity contribution in [1.29, 1.82) is 0 Å². The first-order valence-electron chi connectivity index (χ1n) is 5.11. The first-order chi connectivity index (χ1) is 6.81. The van der Waals surface area contributed by atoms with Crippen LogP contribution in [0.4, 0.5) is 0 Å². The largest absolute Gasteiger partial charge is 0.355 e. The van der Waals surface area contributed by atoms with Gasteiger partial charge in [-0.2, -0.15) is 0 Å². The molecule has 0 heterocycles. The summed E-state index contributed by atoms with van der Waals surface area (Å²) in [6, 6.07) is 7.88. The number of nitrogens with one attached hydrogen (secondary N) is 1. The predicted molar refractivity (Wildman–Crippen MR) is 56.3 cm³/mol. The van der Waals surface area contributed by atoms with Gasteiger partial charge in [0.1, 0.15) is 0 Å². The van der Waals surface area contributed by atoms with Crippen LogP contribution in [-0.2, 0) is 6.42 Å². The number of amides is 1. The molecule has 0 bridgehead atoms. The SMILES string of the molecule is CNC(=O)c1ccccc1CC1CC1. The second kappa shape index (κ2) is 3.82. The van der Waals surface area contributed by atoms with Gasteiger partial charge in [0, 0.05) is 12.6 Å². The smallest absolute Gasteiger partial charge is 0.251 e. The molecule has 0 spiro atoms. The standard InChI is InChI=1S/C12H15NO/c1-13-12(14)11-5-3-2-4-10(11)8-9-6-7-9/h2-5,9H,6-8H2,1H3,(H,13,14). The highest BCUT2D eigenvalue weighted by Crippen LogP contribution is 2.33. The van der Waals surface area contributed by atoms with Gasteiger partial charge in [-0.15, -0.1) is 0 Å². The molecular weight excluding hydrogens is 174 g/mol. The molecule has 1 amide bonds. The molecule has 0 unspecified atom stereocenters. The van der Waals surface area contributed by atoms with E-state index in [9.17, 15) is 4.79 Å². The maximum Gasteiger partial charge on any atom is 0.251 e. The van der Waals surface area contributed by atoms with E-state index in [1.54, 1.807) is 7.05 Å². The average Bonchev–Trinajstić information content (AvgIpc) is 3.01. The van der Waals surface area contributed by atoms with Crippen molar-refractivity contribution in [2.45, 2.75) is 19.3 Å². The Morgan fingerprint density at radius 3 is 2.79 bits per heavy atom. The number of rotatable bonds is 3. The summed E-state index contributed by atoms with van der Waals surface area (Å²) in [6.07, 6.45) is 3.70. The zero-order chi connectivity index (χ0) is 9.97. The molecule has 0 atom stereocenters. The molecule has 14 heavy (non-hydrogen) atoms. The number of carbonyl (C=O) groups excluding carboxylic acids is 1. The van der Waals surface area contributed by atoms with Crippen LogP contribution in [0.3, 0.4) is 0 Å². The minimum atomic E-state index is 0.0289. The Morgan fingerprint density at radius 1 is 1.43 bits per heavy atom. The number of hydrogen-bond donors (Lipinski definition) is 1. The fourth-order valence-electron chi connectivity index (χ4n) is 1.69. The lowest BCUT2D eigenvalue weighted by atomic mass is 10.0. The summed E-state index contributed by atoms with van der Waals surface area (Å²) >= 11 is 0. The number of benzene rings is 1. The van der Waals surface area contributed by atoms with Crippen LogP contribution < -0.4 is 5.32 Å². The molecule has 1 aliphatic carbocycles. The highest BCUT2D eigenvalue weighted by Gasteiger charge is 2.23. The summed E-state index contributed by atoms with van der Waals surface area (Å²) in [5, 5.41) is 2.68. The van der Waals surface area contributed by atoms with Crippen LogP contribution in [0.5, 0.6) is 0 Å². The van der Waals surface area contributed by atoms with E-state index in [1.807, 2.05) is 18.2 Å². The summed E-state index contributed by atoms with van der Waals surface area (Å²) in [4.78, 5) is 11.5. The van der Waals surface area contributed by atoms with Crippen molar-refractivity contribution in [3.05, 3.63) is 35.4 Å². The monoisotopic (exact) mass is 189 g/mol. The van der Waals surface area contributed by atoms with E-state index in [1.165, 1.54) is 18.4 Å². The zero-order valence-corrected chi connectivity index (χ0v) is 8.42. The van der Waals surface area contributed by atoms with Crippen LogP contribution in [-0.4, -0.2) is 13.0 Å². The minimum absolute atomic E-state index is 0.0289. The topological polar surface area (TPSA) is 29.1 Å².